The fourth-order valence-electron chi connectivity index (χ4n) is 8.02. The zero-order chi connectivity index (χ0) is 39.3. The maximum atomic E-state index is 14.4. The molecule has 2 saturated carbocycles. The number of fused-ring (bicyclic) bond motifs is 3. The number of nitrogens with one attached hydrogen (secondary N) is 2. The molecule has 296 valence electrons. The summed E-state index contributed by atoms with van der Waals surface area (Å²) in [6, 6.07) is 8.37. The third-order valence-corrected chi connectivity index (χ3v) is 14.3. The zero-order valence-electron chi connectivity index (χ0n) is 32.7. The molecule has 1 aromatic carbocycles. The molecular formula is C41H54N6O7S. The number of sulfonamides is 1. The first-order valence-electron chi connectivity index (χ1n) is 19.7. The molecule has 2 aliphatic carbocycles. The van der Waals surface area contributed by atoms with E-state index in [-0.39, 0.29) is 49.5 Å². The van der Waals surface area contributed by atoms with E-state index in [1.165, 1.54) is 0 Å². The molecule has 3 aromatic rings. The van der Waals surface area contributed by atoms with Crippen LogP contribution in [0.4, 0.5) is 0 Å². The molecule has 3 amide bonds. The quantitative estimate of drug-likeness (QED) is 0.265. The first kappa shape index (κ1) is 38.8. The Labute approximate surface area is 323 Å². The molecule has 2 aliphatic heterocycles. The predicted molar refractivity (Wildman–Crippen MR) is 208 cm³/mol. The van der Waals surface area contributed by atoms with Crippen LogP contribution in [0.5, 0.6) is 11.5 Å². The summed E-state index contributed by atoms with van der Waals surface area (Å²) >= 11 is 0. The van der Waals surface area contributed by atoms with Crippen molar-refractivity contribution < 1.29 is 32.3 Å². The van der Waals surface area contributed by atoms with Crippen LogP contribution in [0.15, 0.2) is 48.7 Å². The summed E-state index contributed by atoms with van der Waals surface area (Å²) in [7, 11) is -2.35. The average Bonchev–Trinajstić information content (AvgIpc) is 3.92. The van der Waals surface area contributed by atoms with Gasteiger partial charge in [-0.2, -0.15) is 5.10 Å². The lowest BCUT2D eigenvalue weighted by Crippen LogP contribution is -2.57. The van der Waals surface area contributed by atoms with E-state index in [2.05, 4.69) is 37.7 Å². The zero-order valence-corrected chi connectivity index (χ0v) is 33.5. The number of ether oxygens (including phenoxy) is 2. The maximum Gasteiger partial charge on any atom is 0.259 e. The molecular weight excluding hydrogens is 721 g/mol. The molecule has 0 radical (unpaired) electrons. The van der Waals surface area contributed by atoms with E-state index in [4.69, 9.17) is 19.6 Å². The molecule has 4 aliphatic rings. The van der Waals surface area contributed by atoms with Gasteiger partial charge in [0.05, 0.1) is 29.6 Å². The summed E-state index contributed by atoms with van der Waals surface area (Å²) in [6.45, 7) is 10.2. The number of amides is 3. The Kier molecular flexibility index (Phi) is 10.5. The van der Waals surface area contributed by atoms with Crippen molar-refractivity contribution in [3.05, 3.63) is 54.4 Å². The van der Waals surface area contributed by atoms with Crippen LogP contribution in [0.2, 0.25) is 0 Å². The normalized spacial score (nSPS) is 28.1. The van der Waals surface area contributed by atoms with Gasteiger partial charge in [0.15, 0.2) is 5.82 Å². The van der Waals surface area contributed by atoms with Crippen molar-refractivity contribution >= 4 is 38.6 Å². The highest BCUT2D eigenvalue weighted by Gasteiger charge is 2.63. The van der Waals surface area contributed by atoms with Gasteiger partial charge in [0, 0.05) is 42.5 Å². The van der Waals surface area contributed by atoms with E-state index >= 15 is 0 Å². The number of methoxy groups -OCH3 is 1. The number of hydrogen-bond donors (Lipinski definition) is 2. The number of benzene rings is 1. The van der Waals surface area contributed by atoms with Crippen molar-refractivity contribution in [2.45, 2.75) is 121 Å². The highest BCUT2D eigenvalue weighted by Crippen LogP contribution is 2.47. The molecule has 55 heavy (non-hydrogen) atoms. The summed E-state index contributed by atoms with van der Waals surface area (Å²) in [5.41, 5.74) is 0.107. The Morgan fingerprint density at radius 1 is 1.15 bits per heavy atom. The first-order valence-corrected chi connectivity index (χ1v) is 21.2. The number of hydrogen-bond acceptors (Lipinski definition) is 9. The first-order chi connectivity index (χ1) is 26.1. The summed E-state index contributed by atoms with van der Waals surface area (Å²) in [6.07, 6.45) is 10.3. The van der Waals surface area contributed by atoms with Crippen molar-refractivity contribution in [1.29, 1.82) is 0 Å². The van der Waals surface area contributed by atoms with E-state index in [0.29, 0.717) is 41.6 Å². The van der Waals surface area contributed by atoms with Gasteiger partial charge in [-0.05, 0) is 81.4 Å². The van der Waals surface area contributed by atoms with Gasteiger partial charge in [0.25, 0.3) is 5.91 Å². The van der Waals surface area contributed by atoms with Gasteiger partial charge in [-0.1, -0.05) is 46.3 Å². The van der Waals surface area contributed by atoms with E-state index in [9.17, 15) is 22.8 Å². The van der Waals surface area contributed by atoms with Gasteiger partial charge >= 0.3 is 0 Å². The van der Waals surface area contributed by atoms with E-state index in [1.54, 1.807) is 23.6 Å². The fourth-order valence-corrected chi connectivity index (χ4v) is 9.33. The number of pyridine rings is 1. The van der Waals surface area contributed by atoms with Crippen LogP contribution in [-0.4, -0.2) is 81.9 Å². The van der Waals surface area contributed by atoms with E-state index in [1.807, 2.05) is 48.7 Å². The predicted octanol–water partition coefficient (Wildman–Crippen LogP) is 5.57. The lowest BCUT2D eigenvalue weighted by Gasteiger charge is -2.28. The van der Waals surface area contributed by atoms with Crippen molar-refractivity contribution in [3.8, 4) is 17.3 Å². The van der Waals surface area contributed by atoms with Gasteiger partial charge in [0.2, 0.25) is 21.8 Å². The SMILES string of the molecule is CCC1CC(=O)N2CC(Oc3cc(-n4ccc(C(C)C)n4)nc4cc(OC)ccc34)CC2C(=O)NC2(C(=O)NS(=O)(=O)C3(C)CC3)CC2C=CCCC(C)C1. The Morgan fingerprint density at radius 3 is 2.62 bits per heavy atom. The number of carbonyl (C=O) groups is 3. The lowest BCUT2D eigenvalue weighted by molar-refractivity contribution is -0.140. The topological polar surface area (TPSA) is 162 Å². The number of carbonyl (C=O) groups excluding carboxylic acids is 3. The summed E-state index contributed by atoms with van der Waals surface area (Å²) in [5.74, 6) is 0.672. The second-order valence-corrected chi connectivity index (χ2v) is 18.9. The highest BCUT2D eigenvalue weighted by atomic mass is 32.2. The van der Waals surface area contributed by atoms with Crippen LogP contribution < -0.4 is 19.5 Å². The fraction of sp³-hybridized carbons (Fsp3) is 0.585. The van der Waals surface area contributed by atoms with Crippen molar-refractivity contribution in [3.63, 3.8) is 0 Å². The highest BCUT2D eigenvalue weighted by molar-refractivity contribution is 7.91. The van der Waals surface area contributed by atoms with Crippen molar-refractivity contribution in [2.24, 2.45) is 17.8 Å². The second-order valence-electron chi connectivity index (χ2n) is 16.7. The molecule has 2 aromatic heterocycles. The molecule has 13 nitrogen and oxygen atoms in total. The lowest BCUT2D eigenvalue weighted by atomic mass is 9.88. The minimum Gasteiger partial charge on any atom is -0.497 e. The third-order valence-electron chi connectivity index (χ3n) is 12.1. The van der Waals surface area contributed by atoms with Crippen LogP contribution in [0.3, 0.4) is 0 Å². The molecule has 0 spiro atoms. The second kappa shape index (κ2) is 14.9. The molecule has 7 rings (SSSR count). The van der Waals surface area contributed by atoms with Gasteiger partial charge in [-0.3, -0.25) is 19.1 Å². The molecule has 4 heterocycles. The maximum absolute atomic E-state index is 14.4. The van der Waals surface area contributed by atoms with Gasteiger partial charge < -0.3 is 19.7 Å². The number of allylic oxidation sites excluding steroid dienone is 1. The monoisotopic (exact) mass is 774 g/mol. The smallest absolute Gasteiger partial charge is 0.259 e. The molecule has 3 fully saturated rings. The largest absolute Gasteiger partial charge is 0.497 e. The number of aromatic nitrogens is 3. The van der Waals surface area contributed by atoms with Crippen LogP contribution in [0.25, 0.3) is 16.7 Å². The van der Waals surface area contributed by atoms with Crippen LogP contribution >= 0.6 is 0 Å². The molecule has 6 atom stereocenters. The molecule has 2 N–H and O–H groups in total. The molecule has 14 heteroatoms. The average molecular weight is 775 g/mol. The Balaban J connectivity index is 1.21. The van der Waals surface area contributed by atoms with Gasteiger partial charge in [-0.15, -0.1) is 0 Å². The van der Waals surface area contributed by atoms with Gasteiger partial charge in [-0.25, -0.2) is 18.1 Å². The van der Waals surface area contributed by atoms with Crippen LogP contribution in [-0.2, 0) is 24.4 Å². The van der Waals surface area contributed by atoms with Crippen molar-refractivity contribution in [2.75, 3.05) is 13.7 Å². The van der Waals surface area contributed by atoms with E-state index in [0.717, 1.165) is 36.8 Å². The number of nitrogens with zero attached hydrogens (tertiary/aromatic N) is 4. The van der Waals surface area contributed by atoms with Gasteiger partial charge in [0.1, 0.15) is 29.2 Å². The number of rotatable bonds is 9. The standard InChI is InChI=1S/C41H54N6O7S/c1-7-27-18-26(4)10-8-9-11-28-23-41(28,39(50)45-55(51,52)40(5)15-16-40)43-38(49)34-21-30(24-46(34)37(48)19-27)54-35-22-36(47-17-14-32(44-47)25(2)3)42-33-20-29(53-6)12-13-31(33)35/h9,11-14,17,20,22,25-28,30,34H,7-8,10,15-16,18-19,21,23-24H2,1-6H3,(H,43,49)(H,45,50). The minimum atomic E-state index is -3.94. The summed E-state index contributed by atoms with van der Waals surface area (Å²) < 4.78 is 41.6. The molecule has 1 saturated heterocycles. The van der Waals surface area contributed by atoms with E-state index < -0.39 is 44.3 Å². The Morgan fingerprint density at radius 2 is 1.93 bits per heavy atom. The third kappa shape index (κ3) is 7.84. The minimum absolute atomic E-state index is 0.142. The molecule has 6 unspecified atom stereocenters. The van der Waals surface area contributed by atoms with Crippen LogP contribution in [0, 0.1) is 17.8 Å². The Hall–Kier alpha value is -4.46. The summed E-state index contributed by atoms with van der Waals surface area (Å²) in [4.78, 5) is 49.0. The Bertz CT molecular complexity index is 2110. The van der Waals surface area contributed by atoms with Crippen LogP contribution in [0.1, 0.15) is 104 Å². The molecule has 0 bridgehead atoms. The van der Waals surface area contributed by atoms with Crippen molar-refractivity contribution in [1.82, 2.24) is 29.7 Å². The summed E-state index contributed by atoms with van der Waals surface area (Å²) in [5, 5.41) is 8.44.